The first-order valence-electron chi connectivity index (χ1n) is 6.46. The number of ether oxygens (including phenoxy) is 1. The van der Waals surface area contributed by atoms with Crippen LogP contribution >= 0.6 is 11.6 Å². The van der Waals surface area contributed by atoms with Crippen molar-refractivity contribution in [3.8, 4) is 17.6 Å². The number of nitrogens with two attached hydrogens (primary N) is 1. The zero-order valence-corrected chi connectivity index (χ0v) is 12.4. The van der Waals surface area contributed by atoms with Crippen LogP contribution in [0.5, 0.6) is 5.75 Å². The second-order valence-electron chi connectivity index (χ2n) is 4.53. The normalized spacial score (nSPS) is 9.90. The van der Waals surface area contributed by atoms with Crippen molar-refractivity contribution in [3.63, 3.8) is 0 Å². The van der Waals surface area contributed by atoms with Gasteiger partial charge in [-0.1, -0.05) is 35.6 Å². The molecule has 2 N–H and O–H groups in total. The Morgan fingerprint density at radius 1 is 1.24 bits per heavy atom. The maximum atomic E-state index is 13.3. The van der Waals surface area contributed by atoms with Crippen LogP contribution in [0.25, 0.3) is 0 Å². The van der Waals surface area contributed by atoms with E-state index < -0.39 is 0 Å². The smallest absolute Gasteiger partial charge is 0.138 e. The molecular formula is C17H15ClFNO. The highest BCUT2D eigenvalue weighted by Gasteiger charge is 2.06. The van der Waals surface area contributed by atoms with Crippen molar-refractivity contribution in [1.29, 1.82) is 0 Å². The fourth-order valence-corrected chi connectivity index (χ4v) is 2.08. The second kappa shape index (κ2) is 7.12. The molecule has 0 saturated carbocycles. The van der Waals surface area contributed by atoms with Gasteiger partial charge in [0, 0.05) is 16.7 Å². The van der Waals surface area contributed by atoms with Crippen LogP contribution in [0.3, 0.4) is 0 Å². The monoisotopic (exact) mass is 303 g/mol. The lowest BCUT2D eigenvalue weighted by Gasteiger charge is -2.10. The zero-order chi connectivity index (χ0) is 15.2. The van der Waals surface area contributed by atoms with Crippen molar-refractivity contribution in [2.75, 3.05) is 6.54 Å². The Morgan fingerprint density at radius 2 is 2.05 bits per heavy atom. The Bertz CT molecular complexity index is 704. The molecule has 0 atom stereocenters. The topological polar surface area (TPSA) is 35.2 Å². The van der Waals surface area contributed by atoms with Crippen molar-refractivity contribution in [2.24, 2.45) is 5.73 Å². The minimum Gasteiger partial charge on any atom is -0.487 e. The average Bonchev–Trinajstić information content (AvgIpc) is 2.45. The lowest BCUT2D eigenvalue weighted by atomic mass is 10.1. The first-order chi connectivity index (χ1) is 10.1. The Hall–Kier alpha value is -2.02. The third kappa shape index (κ3) is 4.22. The Labute approximate surface area is 128 Å². The number of benzene rings is 2. The van der Waals surface area contributed by atoms with E-state index in [2.05, 4.69) is 11.8 Å². The fraction of sp³-hybridized carbons (Fsp3) is 0.176. The van der Waals surface area contributed by atoms with Crippen LogP contribution in [0, 0.1) is 24.6 Å². The summed E-state index contributed by atoms with van der Waals surface area (Å²) in [4.78, 5) is 0. The molecule has 0 fully saturated rings. The highest BCUT2D eigenvalue weighted by atomic mass is 35.5. The van der Waals surface area contributed by atoms with Crippen molar-refractivity contribution in [3.05, 3.63) is 63.9 Å². The molecule has 0 radical (unpaired) electrons. The van der Waals surface area contributed by atoms with Crippen LogP contribution in [-0.4, -0.2) is 6.54 Å². The van der Waals surface area contributed by atoms with Gasteiger partial charge in [-0.05, 0) is 30.7 Å². The maximum Gasteiger partial charge on any atom is 0.138 e. The molecule has 0 spiro atoms. The first kappa shape index (κ1) is 15.4. The van der Waals surface area contributed by atoms with E-state index in [1.165, 1.54) is 12.1 Å². The molecular weight excluding hydrogens is 289 g/mol. The molecule has 4 heteroatoms. The molecule has 2 nitrogen and oxygen atoms in total. The van der Waals surface area contributed by atoms with E-state index in [0.29, 0.717) is 16.3 Å². The van der Waals surface area contributed by atoms with Gasteiger partial charge in [-0.15, -0.1) is 0 Å². The van der Waals surface area contributed by atoms with E-state index in [9.17, 15) is 4.39 Å². The van der Waals surface area contributed by atoms with Crippen LogP contribution in [0.4, 0.5) is 4.39 Å². The number of halogens is 2. The zero-order valence-electron chi connectivity index (χ0n) is 11.6. The summed E-state index contributed by atoms with van der Waals surface area (Å²) in [6, 6.07) is 9.92. The molecule has 0 aliphatic rings. The fourth-order valence-electron chi connectivity index (χ4n) is 1.79. The molecule has 0 amide bonds. The van der Waals surface area contributed by atoms with Gasteiger partial charge in [-0.2, -0.15) is 0 Å². The number of hydrogen-bond donors (Lipinski definition) is 1. The summed E-state index contributed by atoms with van der Waals surface area (Å²) >= 11 is 6.15. The van der Waals surface area contributed by atoms with Gasteiger partial charge in [-0.3, -0.25) is 0 Å². The van der Waals surface area contributed by atoms with Crippen LogP contribution in [0.15, 0.2) is 36.4 Å². The van der Waals surface area contributed by atoms with Gasteiger partial charge in [0.25, 0.3) is 0 Å². The summed E-state index contributed by atoms with van der Waals surface area (Å²) in [6.07, 6.45) is 0. The van der Waals surface area contributed by atoms with Gasteiger partial charge in [0.1, 0.15) is 18.2 Å². The average molecular weight is 304 g/mol. The molecule has 0 saturated heterocycles. The Kier molecular flexibility index (Phi) is 5.21. The lowest BCUT2D eigenvalue weighted by molar-refractivity contribution is 0.304. The third-order valence-corrected chi connectivity index (χ3v) is 3.21. The molecule has 2 rings (SSSR count). The van der Waals surface area contributed by atoms with Crippen molar-refractivity contribution in [1.82, 2.24) is 0 Å². The van der Waals surface area contributed by atoms with Gasteiger partial charge >= 0.3 is 0 Å². The molecule has 0 aromatic heterocycles. The van der Waals surface area contributed by atoms with E-state index >= 15 is 0 Å². The third-order valence-electron chi connectivity index (χ3n) is 2.86. The Morgan fingerprint density at radius 3 is 2.76 bits per heavy atom. The van der Waals surface area contributed by atoms with Crippen LogP contribution < -0.4 is 10.5 Å². The minimum atomic E-state index is -0.377. The predicted molar refractivity (Wildman–Crippen MR) is 82.9 cm³/mol. The van der Waals surface area contributed by atoms with Gasteiger partial charge in [-0.25, -0.2) is 4.39 Å². The number of hydrogen-bond acceptors (Lipinski definition) is 2. The molecule has 2 aromatic carbocycles. The summed E-state index contributed by atoms with van der Waals surface area (Å²) < 4.78 is 19.0. The van der Waals surface area contributed by atoms with E-state index in [-0.39, 0.29) is 19.0 Å². The molecule has 108 valence electrons. The maximum absolute atomic E-state index is 13.3. The summed E-state index contributed by atoms with van der Waals surface area (Å²) in [6.45, 7) is 2.45. The lowest BCUT2D eigenvalue weighted by Crippen LogP contribution is -1.99. The molecule has 0 aliphatic heterocycles. The van der Waals surface area contributed by atoms with Crippen molar-refractivity contribution < 1.29 is 9.13 Å². The van der Waals surface area contributed by atoms with Crippen LogP contribution in [0.2, 0.25) is 5.02 Å². The largest absolute Gasteiger partial charge is 0.487 e. The highest BCUT2D eigenvalue weighted by Crippen LogP contribution is 2.23. The van der Waals surface area contributed by atoms with E-state index in [0.717, 1.165) is 11.1 Å². The van der Waals surface area contributed by atoms with Gasteiger partial charge in [0.05, 0.1) is 12.1 Å². The quantitative estimate of drug-likeness (QED) is 0.878. The van der Waals surface area contributed by atoms with Crippen molar-refractivity contribution >= 4 is 11.6 Å². The van der Waals surface area contributed by atoms with Gasteiger partial charge in [0.2, 0.25) is 0 Å². The second-order valence-corrected chi connectivity index (χ2v) is 4.94. The van der Waals surface area contributed by atoms with E-state index in [1.807, 2.05) is 25.1 Å². The standard InChI is InChI=1S/C17H15ClFNO/c1-12-4-5-14(16(18)9-12)11-21-17-10-15(19)7-6-13(17)3-2-8-20/h4-7,9-10H,8,11,20H2,1H3. The first-order valence-corrected chi connectivity index (χ1v) is 6.84. The summed E-state index contributed by atoms with van der Waals surface area (Å²) in [5.41, 5.74) is 7.86. The van der Waals surface area contributed by atoms with E-state index in [1.54, 1.807) is 6.07 Å². The van der Waals surface area contributed by atoms with Gasteiger partial charge in [0.15, 0.2) is 0 Å². The molecule has 2 aromatic rings. The molecule has 0 heterocycles. The summed E-state index contributed by atoms with van der Waals surface area (Å²) in [5.74, 6) is 5.60. The van der Waals surface area contributed by atoms with E-state index in [4.69, 9.17) is 22.1 Å². The predicted octanol–water partition coefficient (Wildman–Crippen LogP) is 3.68. The molecule has 21 heavy (non-hydrogen) atoms. The number of aryl methyl sites for hydroxylation is 1. The highest BCUT2D eigenvalue weighted by molar-refractivity contribution is 6.31. The number of rotatable bonds is 3. The minimum absolute atomic E-state index is 0.237. The van der Waals surface area contributed by atoms with Gasteiger partial charge < -0.3 is 10.5 Å². The van der Waals surface area contributed by atoms with Crippen LogP contribution in [-0.2, 0) is 6.61 Å². The molecule has 0 aliphatic carbocycles. The summed E-state index contributed by atoms with van der Waals surface area (Å²) in [5, 5.41) is 0.626. The molecule has 0 unspecified atom stereocenters. The van der Waals surface area contributed by atoms with Crippen LogP contribution in [0.1, 0.15) is 16.7 Å². The summed E-state index contributed by atoms with van der Waals surface area (Å²) in [7, 11) is 0. The van der Waals surface area contributed by atoms with Crippen molar-refractivity contribution in [2.45, 2.75) is 13.5 Å². The Balaban J connectivity index is 2.20. The molecule has 0 bridgehead atoms. The SMILES string of the molecule is Cc1ccc(COc2cc(F)ccc2C#CCN)c(Cl)c1.